The van der Waals surface area contributed by atoms with E-state index in [4.69, 9.17) is 0 Å². The number of nitrogens with one attached hydrogen (secondary N) is 1. The quantitative estimate of drug-likeness (QED) is 0.506. The molecule has 0 fully saturated rings. The molecule has 0 saturated carbocycles. The second-order valence-corrected chi connectivity index (χ2v) is 4.71. The van der Waals surface area contributed by atoms with Gasteiger partial charge in [0.2, 0.25) is 6.54 Å². The van der Waals surface area contributed by atoms with Crippen LogP contribution in [0.15, 0.2) is 53.2 Å². The van der Waals surface area contributed by atoms with Gasteiger partial charge in [0, 0.05) is 17.0 Å². The average molecular weight is 260 g/mol. The summed E-state index contributed by atoms with van der Waals surface area (Å²) in [4.78, 5) is 12.7. The van der Waals surface area contributed by atoms with Crippen LogP contribution in [0, 0.1) is 0 Å². The van der Waals surface area contributed by atoms with Crippen LogP contribution in [-0.4, -0.2) is 11.6 Å². The molecule has 2 aromatic heterocycles. The normalized spacial score (nSPS) is 11.3. The van der Waals surface area contributed by atoms with Gasteiger partial charge >= 0.3 is 5.91 Å². The number of amides is 1. The van der Waals surface area contributed by atoms with Gasteiger partial charge in [-0.25, -0.2) is 5.43 Å². The minimum atomic E-state index is -0.137. The van der Waals surface area contributed by atoms with Gasteiger partial charge in [0.25, 0.3) is 0 Å². The summed E-state index contributed by atoms with van der Waals surface area (Å²) in [6, 6.07) is 9.61. The molecular formula is C13H14N3OS+. The molecule has 0 aliphatic heterocycles. The molecule has 2 heterocycles. The summed E-state index contributed by atoms with van der Waals surface area (Å²) in [5.74, 6) is -0.137. The number of pyridine rings is 1. The number of hydrazone groups is 1. The van der Waals surface area contributed by atoms with E-state index in [1.54, 1.807) is 15.9 Å². The van der Waals surface area contributed by atoms with E-state index in [2.05, 4.69) is 10.5 Å². The van der Waals surface area contributed by atoms with Gasteiger partial charge in [-0.05, 0) is 18.4 Å². The summed E-state index contributed by atoms with van der Waals surface area (Å²) in [6.45, 7) is 2.14. The Morgan fingerprint density at radius 1 is 1.33 bits per heavy atom. The summed E-state index contributed by atoms with van der Waals surface area (Å²) < 4.78 is 1.80. The van der Waals surface area contributed by atoms with Crippen molar-refractivity contribution in [3.63, 3.8) is 0 Å². The van der Waals surface area contributed by atoms with Crippen LogP contribution >= 0.6 is 11.3 Å². The molecule has 2 rings (SSSR count). The summed E-state index contributed by atoms with van der Waals surface area (Å²) in [5, 5.41) is 6.06. The molecule has 0 bridgehead atoms. The van der Waals surface area contributed by atoms with Crippen LogP contribution in [0.5, 0.6) is 0 Å². The first kappa shape index (κ1) is 12.4. The first-order valence-corrected chi connectivity index (χ1v) is 6.45. The van der Waals surface area contributed by atoms with Crippen LogP contribution in [0.1, 0.15) is 11.8 Å². The molecule has 1 amide bonds. The van der Waals surface area contributed by atoms with Crippen LogP contribution in [0.2, 0.25) is 0 Å². The number of hydrogen-bond donors (Lipinski definition) is 1. The molecule has 2 aromatic rings. The Morgan fingerprint density at radius 3 is 2.78 bits per heavy atom. The van der Waals surface area contributed by atoms with Crippen molar-refractivity contribution in [2.24, 2.45) is 5.10 Å². The van der Waals surface area contributed by atoms with Crippen molar-refractivity contribution in [3.05, 3.63) is 53.0 Å². The maximum absolute atomic E-state index is 11.7. The third kappa shape index (κ3) is 3.49. The first-order chi connectivity index (χ1) is 8.75. The fourth-order valence-electron chi connectivity index (χ4n) is 1.43. The van der Waals surface area contributed by atoms with E-state index in [-0.39, 0.29) is 12.5 Å². The molecule has 1 N–H and O–H groups in total. The summed E-state index contributed by atoms with van der Waals surface area (Å²) >= 11 is 1.60. The SMILES string of the molecule is CC(=NNC(=O)C[n+]1ccccc1)c1cccs1. The molecule has 0 saturated heterocycles. The molecule has 0 aliphatic carbocycles. The third-order valence-corrected chi connectivity index (χ3v) is 3.31. The Balaban J connectivity index is 1.91. The van der Waals surface area contributed by atoms with Crippen LogP contribution in [0.25, 0.3) is 0 Å². The van der Waals surface area contributed by atoms with Gasteiger partial charge in [0.15, 0.2) is 12.4 Å². The third-order valence-electron chi connectivity index (χ3n) is 2.33. The Bertz CT molecular complexity index is 535. The lowest BCUT2D eigenvalue weighted by Crippen LogP contribution is -2.41. The molecule has 4 nitrogen and oxygen atoms in total. The van der Waals surface area contributed by atoms with Gasteiger partial charge in [-0.3, -0.25) is 4.79 Å². The second-order valence-electron chi connectivity index (χ2n) is 3.76. The van der Waals surface area contributed by atoms with E-state index in [0.717, 1.165) is 10.6 Å². The number of hydrogen-bond acceptors (Lipinski definition) is 3. The van der Waals surface area contributed by atoms with Crippen LogP contribution in [-0.2, 0) is 11.3 Å². The van der Waals surface area contributed by atoms with Crippen LogP contribution in [0.4, 0.5) is 0 Å². The van der Waals surface area contributed by atoms with E-state index in [0.29, 0.717) is 0 Å². The molecule has 0 spiro atoms. The molecule has 0 aliphatic rings. The highest BCUT2D eigenvalue weighted by Crippen LogP contribution is 2.08. The fourth-order valence-corrected chi connectivity index (χ4v) is 2.10. The lowest BCUT2D eigenvalue weighted by atomic mass is 10.3. The highest BCUT2D eigenvalue weighted by atomic mass is 32.1. The Kier molecular flexibility index (Phi) is 4.20. The largest absolute Gasteiger partial charge is 0.305 e. The number of carbonyl (C=O) groups is 1. The van der Waals surface area contributed by atoms with Crippen molar-refractivity contribution in [2.45, 2.75) is 13.5 Å². The predicted molar refractivity (Wildman–Crippen MR) is 71.3 cm³/mol. The molecule has 0 atom stereocenters. The molecule has 92 valence electrons. The summed E-state index contributed by atoms with van der Waals surface area (Å²) in [5.41, 5.74) is 3.37. The number of nitrogens with zero attached hydrogens (tertiary/aromatic N) is 2. The predicted octanol–water partition coefficient (Wildman–Crippen LogP) is 1.58. The lowest BCUT2D eigenvalue weighted by Gasteiger charge is -1.98. The lowest BCUT2D eigenvalue weighted by molar-refractivity contribution is -0.684. The molecule has 5 heteroatoms. The topological polar surface area (TPSA) is 45.3 Å². The van der Waals surface area contributed by atoms with E-state index in [1.165, 1.54) is 0 Å². The molecule has 18 heavy (non-hydrogen) atoms. The maximum Gasteiger partial charge on any atom is 0.305 e. The first-order valence-electron chi connectivity index (χ1n) is 5.57. The van der Waals surface area contributed by atoms with Gasteiger partial charge in [0.05, 0.1) is 5.71 Å². The minimum Gasteiger partial charge on any atom is -0.266 e. The number of aromatic nitrogens is 1. The number of thiophene rings is 1. The van der Waals surface area contributed by atoms with Crippen LogP contribution in [0.3, 0.4) is 0 Å². The van der Waals surface area contributed by atoms with Crippen LogP contribution < -0.4 is 9.99 Å². The van der Waals surface area contributed by atoms with Crippen molar-refractivity contribution in [2.75, 3.05) is 0 Å². The number of carbonyl (C=O) groups excluding carboxylic acids is 1. The molecule has 0 radical (unpaired) electrons. The van der Waals surface area contributed by atoms with E-state index < -0.39 is 0 Å². The standard InChI is InChI=1S/C13H13N3OS/c1-11(12-6-5-9-18-12)14-15-13(17)10-16-7-3-2-4-8-16/h2-9H,10H2,1H3/p+1. The zero-order valence-corrected chi connectivity index (χ0v) is 10.9. The van der Waals surface area contributed by atoms with Gasteiger partial charge < -0.3 is 0 Å². The van der Waals surface area contributed by atoms with Crippen molar-refractivity contribution in [1.29, 1.82) is 0 Å². The fraction of sp³-hybridized carbons (Fsp3) is 0.154. The molecule has 0 aromatic carbocycles. The van der Waals surface area contributed by atoms with Crippen molar-refractivity contribution < 1.29 is 9.36 Å². The zero-order valence-electron chi connectivity index (χ0n) is 10.0. The number of rotatable bonds is 4. The van der Waals surface area contributed by atoms with Crippen molar-refractivity contribution in [1.82, 2.24) is 5.43 Å². The average Bonchev–Trinajstić information content (AvgIpc) is 2.91. The van der Waals surface area contributed by atoms with E-state index in [1.807, 2.05) is 55.0 Å². The molecule has 0 unspecified atom stereocenters. The van der Waals surface area contributed by atoms with Gasteiger partial charge in [-0.1, -0.05) is 12.1 Å². The van der Waals surface area contributed by atoms with Crippen molar-refractivity contribution in [3.8, 4) is 0 Å². The Hall–Kier alpha value is -2.01. The van der Waals surface area contributed by atoms with Gasteiger partial charge in [-0.15, -0.1) is 11.3 Å². The zero-order chi connectivity index (χ0) is 12.8. The Morgan fingerprint density at radius 2 is 2.11 bits per heavy atom. The molecular weight excluding hydrogens is 246 g/mol. The van der Waals surface area contributed by atoms with Gasteiger partial charge in [0.1, 0.15) is 0 Å². The van der Waals surface area contributed by atoms with E-state index >= 15 is 0 Å². The second kappa shape index (κ2) is 6.07. The smallest absolute Gasteiger partial charge is 0.266 e. The van der Waals surface area contributed by atoms with E-state index in [9.17, 15) is 4.79 Å². The summed E-state index contributed by atoms with van der Waals surface area (Å²) in [6.07, 6.45) is 3.69. The highest BCUT2D eigenvalue weighted by Gasteiger charge is 2.07. The Labute approximate surface area is 110 Å². The van der Waals surface area contributed by atoms with Gasteiger partial charge in [-0.2, -0.15) is 9.67 Å². The minimum absolute atomic E-state index is 0.137. The van der Waals surface area contributed by atoms with Crippen molar-refractivity contribution >= 4 is 23.0 Å². The summed E-state index contributed by atoms with van der Waals surface area (Å²) in [7, 11) is 0. The maximum atomic E-state index is 11.7. The highest BCUT2D eigenvalue weighted by molar-refractivity contribution is 7.12. The monoisotopic (exact) mass is 260 g/mol.